The van der Waals surface area contributed by atoms with Gasteiger partial charge in [-0.15, -0.1) is 0 Å². The number of piperidine rings is 1. The van der Waals surface area contributed by atoms with Gasteiger partial charge in [-0.1, -0.05) is 30.3 Å². The average Bonchev–Trinajstić information content (AvgIpc) is 2.49. The molecule has 0 N–H and O–H groups in total. The molecule has 1 aromatic rings. The molecule has 1 aromatic carbocycles. The molecule has 3 heteroatoms. The Kier molecular flexibility index (Phi) is 4.20. The Morgan fingerprint density at radius 1 is 1.21 bits per heavy atom. The van der Waals surface area contributed by atoms with E-state index in [4.69, 9.17) is 5.26 Å². The van der Waals surface area contributed by atoms with E-state index in [1.54, 1.807) is 0 Å². The fourth-order valence-corrected chi connectivity index (χ4v) is 2.77. The van der Waals surface area contributed by atoms with Crippen LogP contribution in [0, 0.1) is 28.6 Å². The van der Waals surface area contributed by atoms with Gasteiger partial charge in [0, 0.05) is 19.6 Å². The van der Waals surface area contributed by atoms with Crippen LogP contribution in [0.2, 0.25) is 0 Å². The van der Waals surface area contributed by atoms with Crippen molar-refractivity contribution in [3.8, 4) is 12.1 Å². The lowest BCUT2D eigenvalue weighted by molar-refractivity contribution is 0.175. The smallest absolute Gasteiger partial charge is 0.0846 e. The third-order valence-electron chi connectivity index (χ3n) is 4.00. The lowest BCUT2D eigenvalue weighted by Crippen LogP contribution is -2.43. The third kappa shape index (κ3) is 2.95. The number of hydrogen-bond donors (Lipinski definition) is 0. The normalized spacial score (nSPS) is 20.2. The van der Waals surface area contributed by atoms with E-state index >= 15 is 0 Å². The van der Waals surface area contributed by atoms with Crippen LogP contribution in [0.1, 0.15) is 25.3 Å². The molecule has 1 heterocycles. The van der Waals surface area contributed by atoms with Crippen molar-refractivity contribution in [3.05, 3.63) is 35.9 Å². The van der Waals surface area contributed by atoms with Crippen molar-refractivity contribution < 1.29 is 0 Å². The highest BCUT2D eigenvalue weighted by atomic mass is 15.1. The van der Waals surface area contributed by atoms with Crippen molar-refractivity contribution in [1.29, 1.82) is 10.5 Å². The van der Waals surface area contributed by atoms with E-state index in [9.17, 15) is 5.26 Å². The van der Waals surface area contributed by atoms with Gasteiger partial charge < -0.3 is 4.90 Å². The Morgan fingerprint density at radius 2 is 1.84 bits per heavy atom. The van der Waals surface area contributed by atoms with E-state index in [1.807, 2.05) is 25.1 Å². The van der Waals surface area contributed by atoms with E-state index in [0.717, 1.165) is 38.0 Å². The molecule has 0 aromatic heterocycles. The zero-order valence-corrected chi connectivity index (χ0v) is 11.3. The van der Waals surface area contributed by atoms with Gasteiger partial charge in [-0.05, 0) is 25.3 Å². The Hall–Kier alpha value is -1.84. The lowest BCUT2D eigenvalue weighted by Gasteiger charge is -2.38. The molecule has 0 amide bonds. The van der Waals surface area contributed by atoms with E-state index < -0.39 is 0 Å². The molecule has 98 valence electrons. The maximum absolute atomic E-state index is 9.59. The van der Waals surface area contributed by atoms with Gasteiger partial charge in [0.25, 0.3) is 0 Å². The van der Waals surface area contributed by atoms with Crippen molar-refractivity contribution in [2.75, 3.05) is 19.6 Å². The largest absolute Gasteiger partial charge is 0.302 e. The van der Waals surface area contributed by atoms with Crippen molar-refractivity contribution in [2.45, 2.75) is 25.2 Å². The maximum atomic E-state index is 9.59. The summed E-state index contributed by atoms with van der Waals surface area (Å²) in [5.74, 6) is 0.0614. The van der Waals surface area contributed by atoms with Crippen molar-refractivity contribution in [1.82, 2.24) is 4.90 Å². The minimum atomic E-state index is -0.340. The van der Waals surface area contributed by atoms with Crippen LogP contribution in [0.5, 0.6) is 0 Å². The van der Waals surface area contributed by atoms with Gasteiger partial charge in [0.15, 0.2) is 0 Å². The first-order valence-corrected chi connectivity index (χ1v) is 6.79. The van der Waals surface area contributed by atoms with Gasteiger partial charge in [-0.2, -0.15) is 10.5 Å². The zero-order valence-electron chi connectivity index (χ0n) is 11.3. The summed E-state index contributed by atoms with van der Waals surface area (Å²) in [6.07, 6.45) is 1.71. The standard InChI is InChI=1S/C16H19N3/c1-14(11-17)12-19-9-7-16(13-18,8-10-19)15-5-3-2-4-6-15/h2-6,14H,7-10,12H2,1H3. The molecular weight excluding hydrogens is 234 g/mol. The molecule has 1 aliphatic rings. The van der Waals surface area contributed by atoms with E-state index in [-0.39, 0.29) is 11.3 Å². The predicted octanol–water partition coefficient (Wildman–Crippen LogP) is 2.70. The first-order chi connectivity index (χ1) is 9.20. The molecule has 0 bridgehead atoms. The number of rotatable bonds is 3. The molecule has 19 heavy (non-hydrogen) atoms. The number of likely N-dealkylation sites (tertiary alicyclic amines) is 1. The molecule has 1 atom stereocenters. The highest BCUT2D eigenvalue weighted by Gasteiger charge is 2.36. The third-order valence-corrected chi connectivity index (χ3v) is 4.00. The van der Waals surface area contributed by atoms with Crippen LogP contribution in [0.4, 0.5) is 0 Å². The average molecular weight is 253 g/mol. The molecule has 1 aliphatic heterocycles. The van der Waals surface area contributed by atoms with Gasteiger partial charge in [0.2, 0.25) is 0 Å². The number of hydrogen-bond acceptors (Lipinski definition) is 3. The van der Waals surface area contributed by atoms with Crippen LogP contribution in [0.25, 0.3) is 0 Å². The summed E-state index contributed by atoms with van der Waals surface area (Å²) in [5, 5.41) is 18.5. The van der Waals surface area contributed by atoms with E-state index in [1.165, 1.54) is 0 Å². The first kappa shape index (κ1) is 13.6. The van der Waals surface area contributed by atoms with Crippen LogP contribution in [0.15, 0.2) is 30.3 Å². The summed E-state index contributed by atoms with van der Waals surface area (Å²) in [6, 6.07) is 14.9. The van der Waals surface area contributed by atoms with Crippen LogP contribution in [-0.2, 0) is 5.41 Å². The Bertz CT molecular complexity index is 487. The number of nitriles is 2. The number of benzene rings is 1. The highest BCUT2D eigenvalue weighted by Crippen LogP contribution is 2.34. The van der Waals surface area contributed by atoms with Gasteiger partial charge in [-0.25, -0.2) is 0 Å². The van der Waals surface area contributed by atoms with Crippen molar-refractivity contribution >= 4 is 0 Å². The maximum Gasteiger partial charge on any atom is 0.0846 e. The minimum absolute atomic E-state index is 0.0614. The van der Waals surface area contributed by atoms with Gasteiger partial charge in [0.05, 0.1) is 23.5 Å². The second-order valence-corrected chi connectivity index (χ2v) is 5.39. The van der Waals surface area contributed by atoms with Crippen LogP contribution in [0.3, 0.4) is 0 Å². The van der Waals surface area contributed by atoms with Gasteiger partial charge in [0.1, 0.15) is 0 Å². The fraction of sp³-hybridized carbons (Fsp3) is 0.500. The summed E-state index contributed by atoms with van der Waals surface area (Å²) in [6.45, 7) is 4.55. The van der Waals surface area contributed by atoms with Gasteiger partial charge >= 0.3 is 0 Å². The van der Waals surface area contributed by atoms with Crippen LogP contribution >= 0.6 is 0 Å². The van der Waals surface area contributed by atoms with Gasteiger partial charge in [-0.3, -0.25) is 0 Å². The monoisotopic (exact) mass is 253 g/mol. The first-order valence-electron chi connectivity index (χ1n) is 6.79. The quantitative estimate of drug-likeness (QED) is 0.832. The topological polar surface area (TPSA) is 50.8 Å². The Labute approximate surface area is 115 Å². The summed E-state index contributed by atoms with van der Waals surface area (Å²) >= 11 is 0. The van der Waals surface area contributed by atoms with Crippen LogP contribution in [-0.4, -0.2) is 24.5 Å². The molecule has 0 spiro atoms. The van der Waals surface area contributed by atoms with Crippen molar-refractivity contribution in [3.63, 3.8) is 0 Å². The second-order valence-electron chi connectivity index (χ2n) is 5.39. The summed E-state index contributed by atoms with van der Waals surface area (Å²) < 4.78 is 0. The van der Waals surface area contributed by atoms with Crippen LogP contribution < -0.4 is 0 Å². The Balaban J connectivity index is 2.05. The second kappa shape index (κ2) is 5.87. The van der Waals surface area contributed by atoms with E-state index in [2.05, 4.69) is 29.2 Å². The Morgan fingerprint density at radius 3 is 2.37 bits per heavy atom. The fourth-order valence-electron chi connectivity index (χ4n) is 2.77. The molecule has 0 aliphatic carbocycles. The highest BCUT2D eigenvalue weighted by molar-refractivity contribution is 5.33. The molecule has 0 saturated carbocycles. The SMILES string of the molecule is CC(C#N)CN1CCC(C#N)(c2ccccc2)CC1. The van der Waals surface area contributed by atoms with Crippen molar-refractivity contribution in [2.24, 2.45) is 5.92 Å². The molecule has 1 fully saturated rings. The molecule has 1 unspecified atom stereocenters. The molecule has 3 nitrogen and oxygen atoms in total. The van der Waals surface area contributed by atoms with E-state index in [0.29, 0.717) is 0 Å². The predicted molar refractivity (Wildman–Crippen MR) is 74.2 cm³/mol. The lowest BCUT2D eigenvalue weighted by atomic mass is 9.74. The minimum Gasteiger partial charge on any atom is -0.302 e. The summed E-state index contributed by atoms with van der Waals surface area (Å²) in [4.78, 5) is 2.30. The number of nitrogens with zero attached hydrogens (tertiary/aromatic N) is 3. The summed E-state index contributed by atoms with van der Waals surface area (Å²) in [7, 11) is 0. The zero-order chi connectivity index (χ0) is 13.7. The molecule has 1 saturated heterocycles. The summed E-state index contributed by atoms with van der Waals surface area (Å²) in [5.41, 5.74) is 0.790. The molecular formula is C16H19N3. The molecule has 2 rings (SSSR count). The molecule has 0 radical (unpaired) electrons.